The van der Waals surface area contributed by atoms with Gasteiger partial charge in [0.1, 0.15) is 0 Å². The standard InChI is InChI=1S/C23H25NO3/c25-21-14-23(15-27-21)12-18(13-23)22(26)24-10-8-17(9-11-24)20-7-3-5-16-4-1-2-6-19(16)20/h1-7,17-18H,8-15H2. The van der Waals surface area contributed by atoms with Crippen LogP contribution in [-0.2, 0) is 14.3 Å². The van der Waals surface area contributed by atoms with Crippen LogP contribution in [0.3, 0.4) is 0 Å². The Morgan fingerprint density at radius 3 is 2.52 bits per heavy atom. The summed E-state index contributed by atoms with van der Waals surface area (Å²) < 4.78 is 5.12. The predicted molar refractivity (Wildman–Crippen MR) is 103 cm³/mol. The zero-order chi connectivity index (χ0) is 18.4. The molecule has 140 valence electrons. The maximum Gasteiger partial charge on any atom is 0.306 e. The fourth-order valence-electron chi connectivity index (χ4n) is 5.34. The van der Waals surface area contributed by atoms with E-state index in [2.05, 4.69) is 47.4 Å². The number of benzene rings is 2. The van der Waals surface area contributed by atoms with Crippen LogP contribution in [0.5, 0.6) is 0 Å². The summed E-state index contributed by atoms with van der Waals surface area (Å²) in [7, 11) is 0. The maximum atomic E-state index is 12.9. The van der Waals surface area contributed by atoms with E-state index in [9.17, 15) is 9.59 Å². The predicted octanol–water partition coefficient (Wildman–Crippen LogP) is 3.89. The number of fused-ring (bicyclic) bond motifs is 1. The van der Waals surface area contributed by atoms with Crippen LogP contribution in [0, 0.1) is 11.3 Å². The minimum atomic E-state index is -0.100. The van der Waals surface area contributed by atoms with Crippen molar-refractivity contribution in [2.45, 2.75) is 38.0 Å². The molecule has 3 fully saturated rings. The van der Waals surface area contributed by atoms with Crippen molar-refractivity contribution in [2.24, 2.45) is 11.3 Å². The van der Waals surface area contributed by atoms with Gasteiger partial charge < -0.3 is 9.64 Å². The van der Waals surface area contributed by atoms with Crippen LogP contribution >= 0.6 is 0 Å². The third-order valence-corrected chi connectivity index (χ3v) is 6.84. The van der Waals surface area contributed by atoms with Gasteiger partial charge in [-0.25, -0.2) is 0 Å². The van der Waals surface area contributed by atoms with E-state index in [0.29, 0.717) is 18.9 Å². The summed E-state index contributed by atoms with van der Waals surface area (Å²) in [5.41, 5.74) is 1.39. The van der Waals surface area contributed by atoms with Crippen LogP contribution in [-0.4, -0.2) is 36.5 Å². The lowest BCUT2D eigenvalue weighted by atomic mass is 9.61. The van der Waals surface area contributed by atoms with Gasteiger partial charge in [0.15, 0.2) is 0 Å². The summed E-state index contributed by atoms with van der Waals surface area (Å²) >= 11 is 0. The van der Waals surface area contributed by atoms with Crippen molar-refractivity contribution in [1.29, 1.82) is 0 Å². The Morgan fingerprint density at radius 2 is 1.78 bits per heavy atom. The molecule has 0 N–H and O–H groups in total. The maximum absolute atomic E-state index is 12.9. The Kier molecular flexibility index (Phi) is 3.96. The van der Waals surface area contributed by atoms with Crippen LogP contribution in [0.25, 0.3) is 10.8 Å². The largest absolute Gasteiger partial charge is 0.465 e. The number of hydrogen-bond donors (Lipinski definition) is 0. The molecule has 2 heterocycles. The van der Waals surface area contributed by atoms with Crippen molar-refractivity contribution in [3.8, 4) is 0 Å². The molecule has 1 amide bonds. The van der Waals surface area contributed by atoms with E-state index in [1.54, 1.807) is 0 Å². The number of carbonyl (C=O) groups is 2. The van der Waals surface area contributed by atoms with Gasteiger partial charge in [0, 0.05) is 24.4 Å². The first-order chi connectivity index (χ1) is 13.1. The van der Waals surface area contributed by atoms with Gasteiger partial charge >= 0.3 is 5.97 Å². The SMILES string of the molecule is O=C1CC2(CO1)CC(C(=O)N1CCC(c3cccc4ccccc34)CC1)C2. The van der Waals surface area contributed by atoms with Gasteiger partial charge in [-0.1, -0.05) is 42.5 Å². The van der Waals surface area contributed by atoms with E-state index in [4.69, 9.17) is 4.74 Å². The van der Waals surface area contributed by atoms with Crippen LogP contribution in [0.2, 0.25) is 0 Å². The summed E-state index contributed by atoms with van der Waals surface area (Å²) in [5.74, 6) is 0.801. The number of esters is 1. The van der Waals surface area contributed by atoms with Crippen molar-refractivity contribution in [1.82, 2.24) is 4.90 Å². The molecule has 0 radical (unpaired) electrons. The van der Waals surface area contributed by atoms with Gasteiger partial charge in [0.25, 0.3) is 0 Å². The zero-order valence-electron chi connectivity index (χ0n) is 15.5. The van der Waals surface area contributed by atoms with Gasteiger partial charge in [-0.15, -0.1) is 0 Å². The minimum absolute atomic E-state index is 0.0291. The third-order valence-electron chi connectivity index (χ3n) is 6.84. The quantitative estimate of drug-likeness (QED) is 0.761. The normalized spacial score (nSPS) is 28.4. The molecule has 5 rings (SSSR count). The van der Waals surface area contributed by atoms with Crippen LogP contribution < -0.4 is 0 Å². The molecule has 4 nitrogen and oxygen atoms in total. The summed E-state index contributed by atoms with van der Waals surface area (Å²) in [6.45, 7) is 2.19. The van der Waals surface area contributed by atoms with Crippen molar-refractivity contribution in [3.05, 3.63) is 48.0 Å². The van der Waals surface area contributed by atoms with Crippen LogP contribution in [0.1, 0.15) is 43.6 Å². The molecule has 4 heteroatoms. The molecule has 0 bridgehead atoms. The Hall–Kier alpha value is -2.36. The monoisotopic (exact) mass is 363 g/mol. The van der Waals surface area contributed by atoms with Gasteiger partial charge in [-0.05, 0) is 47.9 Å². The highest BCUT2D eigenvalue weighted by Gasteiger charge is 2.53. The molecule has 3 aliphatic rings. The van der Waals surface area contributed by atoms with Crippen molar-refractivity contribution >= 4 is 22.6 Å². The first-order valence-corrected chi connectivity index (χ1v) is 10.1. The highest BCUT2D eigenvalue weighted by atomic mass is 16.5. The number of ether oxygens (including phenoxy) is 1. The smallest absolute Gasteiger partial charge is 0.306 e. The molecule has 0 atom stereocenters. The van der Waals surface area contributed by atoms with E-state index in [1.807, 2.05) is 0 Å². The summed E-state index contributed by atoms with van der Waals surface area (Å²) in [6, 6.07) is 15.1. The number of cyclic esters (lactones) is 1. The molecular formula is C23H25NO3. The van der Waals surface area contributed by atoms with Crippen molar-refractivity contribution in [2.75, 3.05) is 19.7 Å². The fourth-order valence-corrected chi connectivity index (χ4v) is 5.34. The van der Waals surface area contributed by atoms with E-state index in [1.165, 1.54) is 16.3 Å². The van der Waals surface area contributed by atoms with Crippen LogP contribution in [0.4, 0.5) is 0 Å². The molecule has 27 heavy (non-hydrogen) atoms. The Morgan fingerprint density at radius 1 is 1.04 bits per heavy atom. The van der Waals surface area contributed by atoms with Crippen LogP contribution in [0.15, 0.2) is 42.5 Å². The molecule has 1 saturated carbocycles. The highest BCUT2D eigenvalue weighted by molar-refractivity contribution is 5.86. The van der Waals surface area contributed by atoms with E-state index in [0.717, 1.165) is 38.8 Å². The highest BCUT2D eigenvalue weighted by Crippen LogP contribution is 2.52. The second-order valence-corrected chi connectivity index (χ2v) is 8.61. The second-order valence-electron chi connectivity index (χ2n) is 8.61. The van der Waals surface area contributed by atoms with Gasteiger partial charge in [0.2, 0.25) is 5.91 Å². The van der Waals surface area contributed by atoms with E-state index >= 15 is 0 Å². The Bertz CT molecular complexity index is 886. The molecular weight excluding hydrogens is 338 g/mol. The van der Waals surface area contributed by atoms with E-state index < -0.39 is 0 Å². The summed E-state index contributed by atoms with van der Waals surface area (Å²) in [6.07, 6.45) is 4.19. The number of rotatable bonds is 2. The Labute approximate surface area is 159 Å². The summed E-state index contributed by atoms with van der Waals surface area (Å²) in [4.78, 5) is 26.3. The molecule has 2 aliphatic heterocycles. The number of nitrogens with zero attached hydrogens (tertiary/aromatic N) is 1. The second kappa shape index (κ2) is 6.36. The molecule has 2 aromatic carbocycles. The van der Waals surface area contributed by atoms with Gasteiger partial charge in [-0.3, -0.25) is 9.59 Å². The molecule has 0 aromatic heterocycles. The number of likely N-dealkylation sites (tertiary alicyclic amines) is 1. The molecule has 0 unspecified atom stereocenters. The topological polar surface area (TPSA) is 46.6 Å². The molecule has 2 saturated heterocycles. The number of carbonyl (C=O) groups excluding carboxylic acids is 2. The molecule has 1 aliphatic carbocycles. The first-order valence-electron chi connectivity index (χ1n) is 10.1. The lowest BCUT2D eigenvalue weighted by Crippen LogP contribution is -2.49. The molecule has 2 aromatic rings. The minimum Gasteiger partial charge on any atom is -0.465 e. The van der Waals surface area contributed by atoms with E-state index in [-0.39, 0.29) is 23.2 Å². The summed E-state index contributed by atoms with van der Waals surface area (Å²) in [5, 5.41) is 2.64. The average molecular weight is 363 g/mol. The number of hydrogen-bond acceptors (Lipinski definition) is 3. The van der Waals surface area contributed by atoms with Gasteiger partial charge in [-0.2, -0.15) is 0 Å². The lowest BCUT2D eigenvalue weighted by Gasteiger charge is -2.45. The van der Waals surface area contributed by atoms with Gasteiger partial charge in [0.05, 0.1) is 13.0 Å². The molecule has 1 spiro atoms. The Balaban J connectivity index is 1.22. The zero-order valence-corrected chi connectivity index (χ0v) is 15.5. The van der Waals surface area contributed by atoms with Crippen molar-refractivity contribution < 1.29 is 14.3 Å². The fraction of sp³-hybridized carbons (Fsp3) is 0.478. The lowest BCUT2D eigenvalue weighted by molar-refractivity contribution is -0.144. The average Bonchev–Trinajstić information content (AvgIpc) is 3.08. The van der Waals surface area contributed by atoms with Crippen molar-refractivity contribution in [3.63, 3.8) is 0 Å². The first kappa shape index (κ1) is 16.8. The number of amides is 1. The third kappa shape index (κ3) is 2.91. The number of piperidine rings is 1.